The Balaban J connectivity index is 2.32. The number of oxime groups is 1. The lowest BCUT2D eigenvalue weighted by Gasteiger charge is -2.10. The number of rotatable bonds is 3. The lowest BCUT2D eigenvalue weighted by molar-refractivity contribution is 0.318. The van der Waals surface area contributed by atoms with Crippen molar-refractivity contribution >= 4 is 5.84 Å². The van der Waals surface area contributed by atoms with Crippen molar-refractivity contribution in [3.63, 3.8) is 0 Å². The van der Waals surface area contributed by atoms with Crippen LogP contribution < -0.4 is 10.5 Å². The highest BCUT2D eigenvalue weighted by Gasteiger charge is 2.08. The second-order valence-corrected chi connectivity index (χ2v) is 3.90. The monoisotopic (exact) mass is 242 g/mol. The third-order valence-electron chi connectivity index (χ3n) is 2.52. The summed E-state index contributed by atoms with van der Waals surface area (Å²) in [6, 6.07) is 14.8. The summed E-state index contributed by atoms with van der Waals surface area (Å²) in [5, 5.41) is 11.7. The van der Waals surface area contributed by atoms with Gasteiger partial charge in [-0.25, -0.2) is 0 Å². The summed E-state index contributed by atoms with van der Waals surface area (Å²) in [6.07, 6.45) is 0. The number of hydrogen-bond acceptors (Lipinski definition) is 3. The summed E-state index contributed by atoms with van der Waals surface area (Å²) >= 11 is 0. The first kappa shape index (κ1) is 12.0. The Morgan fingerprint density at radius 3 is 2.44 bits per heavy atom. The molecule has 4 heteroatoms. The SMILES string of the molecule is Cc1ccc(Oc2ccccc2/C(N)=N/O)cc1. The number of para-hydroxylation sites is 1. The molecule has 4 nitrogen and oxygen atoms in total. The first-order valence-electron chi connectivity index (χ1n) is 5.52. The Morgan fingerprint density at radius 1 is 1.11 bits per heavy atom. The molecule has 0 aromatic heterocycles. The van der Waals surface area contributed by atoms with Crippen molar-refractivity contribution in [1.29, 1.82) is 0 Å². The Labute approximate surface area is 105 Å². The third-order valence-corrected chi connectivity index (χ3v) is 2.52. The van der Waals surface area contributed by atoms with Crippen LogP contribution in [-0.4, -0.2) is 11.0 Å². The van der Waals surface area contributed by atoms with Gasteiger partial charge in [-0.2, -0.15) is 0 Å². The molecule has 0 saturated carbocycles. The number of hydrogen-bond donors (Lipinski definition) is 2. The van der Waals surface area contributed by atoms with E-state index in [4.69, 9.17) is 15.7 Å². The molecular formula is C14H14N2O2. The minimum absolute atomic E-state index is 0.0257. The van der Waals surface area contributed by atoms with Gasteiger partial charge in [0.15, 0.2) is 5.84 Å². The molecule has 92 valence electrons. The third kappa shape index (κ3) is 2.60. The van der Waals surface area contributed by atoms with Gasteiger partial charge in [0.05, 0.1) is 5.56 Å². The van der Waals surface area contributed by atoms with Gasteiger partial charge in [-0.1, -0.05) is 35.0 Å². The van der Waals surface area contributed by atoms with Crippen molar-refractivity contribution in [2.75, 3.05) is 0 Å². The summed E-state index contributed by atoms with van der Waals surface area (Å²) in [7, 11) is 0. The van der Waals surface area contributed by atoms with E-state index in [9.17, 15) is 0 Å². The van der Waals surface area contributed by atoms with Crippen molar-refractivity contribution < 1.29 is 9.94 Å². The fourth-order valence-electron chi connectivity index (χ4n) is 1.55. The smallest absolute Gasteiger partial charge is 0.173 e. The van der Waals surface area contributed by atoms with Crippen LogP contribution in [0.3, 0.4) is 0 Å². The van der Waals surface area contributed by atoms with Crippen molar-refractivity contribution in [2.24, 2.45) is 10.9 Å². The van der Waals surface area contributed by atoms with Crippen LogP contribution in [-0.2, 0) is 0 Å². The van der Waals surface area contributed by atoms with Gasteiger partial charge in [0, 0.05) is 0 Å². The number of aryl methyl sites for hydroxylation is 1. The first-order valence-corrected chi connectivity index (χ1v) is 5.52. The fraction of sp³-hybridized carbons (Fsp3) is 0.0714. The van der Waals surface area contributed by atoms with Crippen molar-refractivity contribution in [3.8, 4) is 11.5 Å². The van der Waals surface area contributed by atoms with Gasteiger partial charge in [0.1, 0.15) is 11.5 Å². The topological polar surface area (TPSA) is 67.8 Å². The maximum Gasteiger partial charge on any atom is 0.173 e. The molecule has 0 bridgehead atoms. The largest absolute Gasteiger partial charge is 0.457 e. The molecule has 0 spiro atoms. The van der Waals surface area contributed by atoms with Crippen LogP contribution in [0.1, 0.15) is 11.1 Å². The van der Waals surface area contributed by atoms with Crippen LogP contribution in [0.4, 0.5) is 0 Å². The van der Waals surface area contributed by atoms with E-state index in [2.05, 4.69) is 5.16 Å². The zero-order chi connectivity index (χ0) is 13.0. The standard InChI is InChI=1S/C14H14N2O2/c1-10-6-8-11(9-7-10)18-13-5-3-2-4-12(13)14(15)16-17/h2-9,17H,1H3,(H2,15,16). The minimum atomic E-state index is 0.0257. The van der Waals surface area contributed by atoms with Crippen LogP contribution in [0.15, 0.2) is 53.7 Å². The molecule has 3 N–H and O–H groups in total. The number of nitrogens with zero attached hydrogens (tertiary/aromatic N) is 1. The summed E-state index contributed by atoms with van der Waals surface area (Å²) in [6.45, 7) is 2.01. The number of nitrogens with two attached hydrogens (primary N) is 1. The predicted molar refractivity (Wildman–Crippen MR) is 70.2 cm³/mol. The number of benzene rings is 2. The quantitative estimate of drug-likeness (QED) is 0.376. The molecule has 18 heavy (non-hydrogen) atoms. The molecule has 0 aliphatic heterocycles. The minimum Gasteiger partial charge on any atom is -0.457 e. The molecule has 0 unspecified atom stereocenters. The number of amidine groups is 1. The Bertz CT molecular complexity index is 562. The Kier molecular flexibility index (Phi) is 3.48. The van der Waals surface area contributed by atoms with Gasteiger partial charge in [0.2, 0.25) is 0 Å². The normalized spacial score (nSPS) is 11.3. The highest BCUT2D eigenvalue weighted by Crippen LogP contribution is 2.25. The molecule has 0 heterocycles. The van der Waals surface area contributed by atoms with Gasteiger partial charge in [-0.15, -0.1) is 0 Å². The molecule has 0 aliphatic rings. The van der Waals surface area contributed by atoms with E-state index in [1.807, 2.05) is 37.3 Å². The van der Waals surface area contributed by atoms with E-state index in [0.717, 1.165) is 5.56 Å². The molecule has 0 atom stereocenters. The highest BCUT2D eigenvalue weighted by atomic mass is 16.5. The van der Waals surface area contributed by atoms with E-state index in [1.54, 1.807) is 18.2 Å². The van der Waals surface area contributed by atoms with Gasteiger partial charge in [-0.3, -0.25) is 0 Å². The highest BCUT2D eigenvalue weighted by molar-refractivity contribution is 5.99. The Hall–Kier alpha value is -2.49. The van der Waals surface area contributed by atoms with Crippen LogP contribution in [0.2, 0.25) is 0 Å². The van der Waals surface area contributed by atoms with Crippen molar-refractivity contribution in [2.45, 2.75) is 6.92 Å². The van der Waals surface area contributed by atoms with Gasteiger partial charge < -0.3 is 15.7 Å². The average molecular weight is 242 g/mol. The van der Waals surface area contributed by atoms with E-state index < -0.39 is 0 Å². The van der Waals surface area contributed by atoms with Crippen LogP contribution in [0.25, 0.3) is 0 Å². The molecule has 0 radical (unpaired) electrons. The zero-order valence-corrected chi connectivity index (χ0v) is 10.00. The molecule has 2 aromatic rings. The van der Waals surface area contributed by atoms with Crippen LogP contribution in [0, 0.1) is 6.92 Å². The molecule has 2 rings (SSSR count). The van der Waals surface area contributed by atoms with Crippen LogP contribution >= 0.6 is 0 Å². The number of ether oxygens (including phenoxy) is 1. The van der Waals surface area contributed by atoms with E-state index in [1.165, 1.54) is 0 Å². The van der Waals surface area contributed by atoms with Crippen molar-refractivity contribution in [1.82, 2.24) is 0 Å². The van der Waals surface area contributed by atoms with Crippen molar-refractivity contribution in [3.05, 3.63) is 59.7 Å². The molecule has 0 fully saturated rings. The predicted octanol–water partition coefficient (Wildman–Crippen LogP) is 2.88. The molecule has 0 aliphatic carbocycles. The Morgan fingerprint density at radius 2 is 1.78 bits per heavy atom. The fourth-order valence-corrected chi connectivity index (χ4v) is 1.55. The van der Waals surface area contributed by atoms with E-state index >= 15 is 0 Å². The summed E-state index contributed by atoms with van der Waals surface area (Å²) in [5.74, 6) is 1.29. The van der Waals surface area contributed by atoms with Gasteiger partial charge >= 0.3 is 0 Å². The summed E-state index contributed by atoms with van der Waals surface area (Å²) < 4.78 is 5.72. The lowest BCUT2D eigenvalue weighted by Crippen LogP contribution is -2.14. The maximum atomic E-state index is 8.72. The first-order chi connectivity index (χ1) is 8.70. The zero-order valence-electron chi connectivity index (χ0n) is 10.00. The lowest BCUT2D eigenvalue weighted by atomic mass is 10.2. The second kappa shape index (κ2) is 5.23. The van der Waals surface area contributed by atoms with E-state index in [-0.39, 0.29) is 5.84 Å². The van der Waals surface area contributed by atoms with Gasteiger partial charge in [-0.05, 0) is 31.2 Å². The molecule has 0 saturated heterocycles. The average Bonchev–Trinajstić information content (AvgIpc) is 2.41. The van der Waals surface area contributed by atoms with Gasteiger partial charge in [0.25, 0.3) is 0 Å². The van der Waals surface area contributed by atoms with E-state index in [0.29, 0.717) is 17.1 Å². The molecular weight excluding hydrogens is 228 g/mol. The molecule has 0 amide bonds. The summed E-state index contributed by atoms with van der Waals surface area (Å²) in [5.41, 5.74) is 7.31. The maximum absolute atomic E-state index is 8.72. The second-order valence-electron chi connectivity index (χ2n) is 3.90. The summed E-state index contributed by atoms with van der Waals surface area (Å²) in [4.78, 5) is 0. The molecule has 2 aromatic carbocycles. The van der Waals surface area contributed by atoms with Crippen LogP contribution in [0.5, 0.6) is 11.5 Å².